The normalized spacial score (nSPS) is 44.3. The van der Waals surface area contributed by atoms with E-state index in [0.29, 0.717) is 42.3 Å². The maximum atomic E-state index is 13.0. The van der Waals surface area contributed by atoms with E-state index in [-0.39, 0.29) is 10.8 Å². The Balaban J connectivity index is 1.74. The van der Waals surface area contributed by atoms with E-state index in [0.717, 1.165) is 11.4 Å². The van der Waals surface area contributed by atoms with Crippen LogP contribution in [-0.4, -0.2) is 31.8 Å². The molecule has 0 aromatic carbocycles. The predicted octanol–water partition coefficient (Wildman–Crippen LogP) is 3.78. The Kier molecular flexibility index (Phi) is 4.04. The van der Waals surface area contributed by atoms with Crippen molar-refractivity contribution in [1.29, 1.82) is 0 Å². The van der Waals surface area contributed by atoms with Crippen LogP contribution in [0.1, 0.15) is 59.8 Å². The summed E-state index contributed by atoms with van der Waals surface area (Å²) in [6, 6.07) is 0.533. The summed E-state index contributed by atoms with van der Waals surface area (Å²) in [5.74, 6) is 1.22. The molecule has 1 N–H and O–H groups in total. The van der Waals surface area contributed by atoms with E-state index >= 15 is 0 Å². The van der Waals surface area contributed by atoms with Gasteiger partial charge >= 0.3 is 140 Å². The number of carbonyl (C=O) groups excluding carboxylic acids is 1. The van der Waals surface area contributed by atoms with E-state index in [1.165, 1.54) is 25.7 Å². The van der Waals surface area contributed by atoms with Gasteiger partial charge in [0.25, 0.3) is 0 Å². The van der Waals surface area contributed by atoms with Crippen LogP contribution < -0.4 is 5.32 Å². The fraction of sp³-hybridized carbons (Fsp3) is 0.882. The van der Waals surface area contributed by atoms with Crippen LogP contribution in [0.15, 0.2) is 0 Å². The Hall–Kier alpha value is 0.0795. The van der Waals surface area contributed by atoms with E-state index in [9.17, 15) is 4.79 Å². The molecular formula is C17H27NOSSe. The Morgan fingerprint density at radius 1 is 1.29 bits per heavy atom. The summed E-state index contributed by atoms with van der Waals surface area (Å²) in [6.07, 6.45) is 6.18. The molecule has 3 rings (SSSR count). The standard InChI is InChI=1S/C17H27NOSSe/c1-10(20)18-12-6-5-7-13(12)21-14-11-8-9-17(4,15(14)19)16(11,2)3/h11-14H,5-9H2,1-4H3,(H,18,20)/t11-,12+,13+,14+,17+/m1/s1. The van der Waals surface area contributed by atoms with Gasteiger partial charge in [0.15, 0.2) is 0 Å². The second kappa shape index (κ2) is 5.32. The van der Waals surface area contributed by atoms with Gasteiger partial charge in [-0.15, -0.1) is 0 Å². The van der Waals surface area contributed by atoms with Gasteiger partial charge in [-0.05, 0) is 0 Å². The van der Waals surface area contributed by atoms with Crippen molar-refractivity contribution in [1.82, 2.24) is 5.32 Å². The number of fused-ring (bicyclic) bond motifs is 2. The molecule has 0 radical (unpaired) electrons. The Bertz CT molecular complexity index is 477. The van der Waals surface area contributed by atoms with E-state index < -0.39 is 0 Å². The van der Waals surface area contributed by atoms with Crippen LogP contribution in [0.5, 0.6) is 0 Å². The van der Waals surface area contributed by atoms with E-state index in [1.807, 2.05) is 6.92 Å². The summed E-state index contributed by atoms with van der Waals surface area (Å²) in [5, 5.41) is 3.49. The molecule has 3 aliphatic carbocycles. The van der Waals surface area contributed by atoms with Crippen LogP contribution in [0.25, 0.3) is 0 Å². The number of carbonyl (C=O) groups is 1. The van der Waals surface area contributed by atoms with Crippen LogP contribution in [0.2, 0.25) is 9.63 Å². The van der Waals surface area contributed by atoms with Crippen LogP contribution in [0, 0.1) is 16.7 Å². The first-order valence-corrected chi connectivity index (χ1v) is 10.6. The molecule has 118 valence electrons. The molecule has 5 atom stereocenters. The fourth-order valence-corrected chi connectivity index (χ4v) is 9.47. The average Bonchev–Trinajstić information content (AvgIpc) is 2.93. The Morgan fingerprint density at radius 2 is 2.00 bits per heavy atom. The topological polar surface area (TPSA) is 29.1 Å². The van der Waals surface area contributed by atoms with Gasteiger partial charge in [0.2, 0.25) is 0 Å². The van der Waals surface area contributed by atoms with Gasteiger partial charge in [-0.1, -0.05) is 0 Å². The molecule has 3 saturated carbocycles. The first-order valence-electron chi connectivity index (χ1n) is 8.24. The van der Waals surface area contributed by atoms with E-state index in [4.69, 9.17) is 12.2 Å². The first kappa shape index (κ1) is 16.0. The minimum atomic E-state index is -0.0499. The number of thiocarbonyl (C=S) groups is 1. The minimum absolute atomic E-state index is 0.0499. The van der Waals surface area contributed by atoms with E-state index in [1.54, 1.807) is 0 Å². The summed E-state index contributed by atoms with van der Waals surface area (Å²) in [4.78, 5) is 15.0. The number of hydrogen-bond acceptors (Lipinski definition) is 2. The number of Topliss-reactive ketones (excluding diaryl/α,β-unsaturated/α-hetero) is 1. The van der Waals surface area contributed by atoms with Crippen molar-refractivity contribution >= 4 is 37.9 Å². The number of ketones is 1. The van der Waals surface area contributed by atoms with Gasteiger partial charge in [0, 0.05) is 0 Å². The molecule has 0 amide bonds. The molecule has 0 aromatic heterocycles. The molecule has 0 aliphatic heterocycles. The first-order chi connectivity index (χ1) is 9.77. The van der Waals surface area contributed by atoms with Gasteiger partial charge in [0.1, 0.15) is 0 Å². The zero-order chi connectivity index (χ0) is 15.4. The second-order valence-electron chi connectivity index (χ2n) is 7.90. The molecule has 0 saturated heterocycles. The molecular weight excluding hydrogens is 345 g/mol. The third-order valence-electron chi connectivity index (χ3n) is 6.63. The van der Waals surface area contributed by atoms with Gasteiger partial charge < -0.3 is 0 Å². The average molecular weight is 372 g/mol. The van der Waals surface area contributed by atoms with Crippen molar-refractivity contribution in [3.8, 4) is 0 Å². The molecule has 3 fully saturated rings. The number of nitrogens with one attached hydrogen (secondary N) is 1. The molecule has 0 unspecified atom stereocenters. The summed E-state index contributed by atoms with van der Waals surface area (Å²) in [7, 11) is 0. The molecule has 21 heavy (non-hydrogen) atoms. The number of hydrogen-bond donors (Lipinski definition) is 1. The molecule has 4 heteroatoms. The molecule has 0 heterocycles. The summed E-state index contributed by atoms with van der Waals surface area (Å²) in [5.41, 5.74) is 0.157. The molecule has 0 spiro atoms. The summed E-state index contributed by atoms with van der Waals surface area (Å²) < 4.78 is 0. The SMILES string of the molecule is CC(=S)N[C@H]1CCC[C@@H]1[Se][C@@H]1C(=O)[C@]2(C)CC[C@H]1C2(C)C. The van der Waals surface area contributed by atoms with Gasteiger partial charge in [0.05, 0.1) is 0 Å². The zero-order valence-electron chi connectivity index (χ0n) is 13.6. The van der Waals surface area contributed by atoms with Crippen molar-refractivity contribution in [3.05, 3.63) is 0 Å². The van der Waals surface area contributed by atoms with Crippen molar-refractivity contribution in [2.45, 2.75) is 75.5 Å². The van der Waals surface area contributed by atoms with Crippen LogP contribution in [0.4, 0.5) is 0 Å². The van der Waals surface area contributed by atoms with Gasteiger partial charge in [-0.25, -0.2) is 0 Å². The van der Waals surface area contributed by atoms with Crippen molar-refractivity contribution in [3.63, 3.8) is 0 Å². The maximum absolute atomic E-state index is 13.0. The summed E-state index contributed by atoms with van der Waals surface area (Å²) >= 11 is 5.65. The molecule has 2 bridgehead atoms. The van der Waals surface area contributed by atoms with Crippen molar-refractivity contribution in [2.75, 3.05) is 0 Å². The van der Waals surface area contributed by atoms with Crippen LogP contribution in [-0.2, 0) is 4.79 Å². The number of rotatable bonds is 3. The fourth-order valence-electron chi connectivity index (χ4n) is 4.86. The second-order valence-corrected chi connectivity index (χ2v) is 11.4. The van der Waals surface area contributed by atoms with Gasteiger partial charge in [-0.2, -0.15) is 0 Å². The summed E-state index contributed by atoms with van der Waals surface area (Å²) in [6.45, 7) is 8.88. The third kappa shape index (κ3) is 2.33. The third-order valence-corrected chi connectivity index (χ3v) is 10.4. The van der Waals surface area contributed by atoms with E-state index in [2.05, 4.69) is 26.1 Å². The quantitative estimate of drug-likeness (QED) is 0.604. The Labute approximate surface area is 140 Å². The van der Waals surface area contributed by atoms with Crippen molar-refractivity contribution in [2.24, 2.45) is 16.7 Å². The van der Waals surface area contributed by atoms with Crippen LogP contribution >= 0.6 is 12.2 Å². The van der Waals surface area contributed by atoms with Gasteiger partial charge in [-0.3, -0.25) is 0 Å². The van der Waals surface area contributed by atoms with Crippen molar-refractivity contribution < 1.29 is 4.79 Å². The molecule has 2 nitrogen and oxygen atoms in total. The predicted molar refractivity (Wildman–Crippen MR) is 91.9 cm³/mol. The zero-order valence-corrected chi connectivity index (χ0v) is 16.1. The van der Waals surface area contributed by atoms with Crippen LogP contribution in [0.3, 0.4) is 0 Å². The molecule has 3 aliphatic rings. The monoisotopic (exact) mass is 373 g/mol. The molecule has 0 aromatic rings. The Morgan fingerprint density at radius 3 is 2.57 bits per heavy atom.